The molecular formula is C9H11ClO4S2. The number of hydrogen-bond donors (Lipinski definition) is 1. The third-order valence-corrected chi connectivity index (χ3v) is 7.78. The number of halogens is 1. The van der Waals surface area contributed by atoms with Gasteiger partial charge in [0.25, 0.3) is 0 Å². The van der Waals surface area contributed by atoms with Crippen molar-refractivity contribution in [2.45, 2.75) is 16.1 Å². The lowest BCUT2D eigenvalue weighted by molar-refractivity contribution is 0.154. The summed E-state index contributed by atoms with van der Waals surface area (Å²) in [4.78, 5) is 0. The summed E-state index contributed by atoms with van der Waals surface area (Å²) in [5, 5.41) is 10.0. The molecule has 4 nitrogen and oxygen atoms in total. The van der Waals surface area contributed by atoms with Crippen molar-refractivity contribution in [2.24, 2.45) is 0 Å². The standard InChI is InChI=1S/C9H11ClO4S2/c10-9(8(11)7-3-1-4-14-7)15(12)5-2-6-16(9)13/h1,3-4,8,11H,2,5-6H2/t8-,9?,15?,16?/m1/s1. The third kappa shape index (κ3) is 1.88. The van der Waals surface area contributed by atoms with Gasteiger partial charge in [-0.15, -0.1) is 0 Å². The molecular weight excluding hydrogens is 272 g/mol. The predicted molar refractivity (Wildman–Crippen MR) is 62.9 cm³/mol. The minimum atomic E-state index is -1.64. The fourth-order valence-electron chi connectivity index (χ4n) is 1.57. The number of alkyl halides is 1. The number of aliphatic hydroxyl groups excluding tert-OH is 1. The van der Waals surface area contributed by atoms with Crippen LogP contribution in [0.15, 0.2) is 22.8 Å². The summed E-state index contributed by atoms with van der Waals surface area (Å²) in [5.41, 5.74) is 0. The molecule has 90 valence electrons. The zero-order valence-corrected chi connectivity index (χ0v) is 10.7. The molecule has 2 rings (SSSR count). The lowest BCUT2D eigenvalue weighted by atomic mass is 10.3. The van der Waals surface area contributed by atoms with Gasteiger partial charge in [0.05, 0.1) is 27.9 Å². The van der Waals surface area contributed by atoms with Crippen molar-refractivity contribution in [3.05, 3.63) is 24.2 Å². The summed E-state index contributed by atoms with van der Waals surface area (Å²) < 4.78 is 27.1. The van der Waals surface area contributed by atoms with Crippen LogP contribution in [-0.2, 0) is 21.6 Å². The maximum Gasteiger partial charge on any atom is 0.225 e. The lowest BCUT2D eigenvalue weighted by Crippen LogP contribution is -2.45. The molecule has 0 radical (unpaired) electrons. The monoisotopic (exact) mass is 282 g/mol. The fourth-order valence-corrected chi connectivity index (χ4v) is 5.75. The maximum absolute atomic E-state index is 11.8. The van der Waals surface area contributed by atoms with Crippen LogP contribution in [0.1, 0.15) is 18.3 Å². The van der Waals surface area contributed by atoms with Gasteiger partial charge in [-0.3, -0.25) is 8.42 Å². The van der Waals surface area contributed by atoms with Gasteiger partial charge >= 0.3 is 0 Å². The van der Waals surface area contributed by atoms with Crippen LogP contribution in [0.4, 0.5) is 0 Å². The van der Waals surface area contributed by atoms with E-state index in [4.69, 9.17) is 16.0 Å². The van der Waals surface area contributed by atoms with E-state index in [-0.39, 0.29) is 5.76 Å². The Labute approximate surface area is 103 Å². The molecule has 1 N–H and O–H groups in total. The Morgan fingerprint density at radius 2 is 2.06 bits per heavy atom. The molecule has 1 aliphatic heterocycles. The Kier molecular flexibility index (Phi) is 3.53. The summed E-state index contributed by atoms with van der Waals surface area (Å²) in [7, 11) is -3.07. The van der Waals surface area contributed by atoms with Crippen molar-refractivity contribution < 1.29 is 17.9 Å². The largest absolute Gasteiger partial charge is 0.466 e. The second-order valence-electron chi connectivity index (χ2n) is 3.45. The first-order chi connectivity index (χ1) is 7.56. The van der Waals surface area contributed by atoms with Gasteiger partial charge in [-0.1, -0.05) is 11.6 Å². The molecule has 0 amide bonds. The molecule has 1 saturated heterocycles. The molecule has 0 aliphatic carbocycles. The molecule has 7 heteroatoms. The summed E-state index contributed by atoms with van der Waals surface area (Å²) >= 11 is 6.11. The number of rotatable bonds is 2. The Balaban J connectivity index is 2.36. The van der Waals surface area contributed by atoms with E-state index in [0.29, 0.717) is 17.9 Å². The smallest absolute Gasteiger partial charge is 0.225 e. The minimum Gasteiger partial charge on any atom is -0.466 e. The van der Waals surface area contributed by atoms with Crippen LogP contribution in [0.2, 0.25) is 0 Å². The normalized spacial score (nSPS) is 37.1. The zero-order chi connectivity index (χ0) is 11.8. The van der Waals surface area contributed by atoms with E-state index in [1.165, 1.54) is 12.3 Å². The van der Waals surface area contributed by atoms with Crippen LogP contribution < -0.4 is 0 Å². The van der Waals surface area contributed by atoms with Gasteiger partial charge in [0.15, 0.2) is 6.10 Å². The molecule has 1 aromatic rings. The van der Waals surface area contributed by atoms with Crippen LogP contribution in [-0.4, -0.2) is 28.6 Å². The van der Waals surface area contributed by atoms with E-state index in [2.05, 4.69) is 0 Å². The molecule has 16 heavy (non-hydrogen) atoms. The van der Waals surface area contributed by atoms with Crippen LogP contribution in [0.25, 0.3) is 0 Å². The number of aliphatic hydroxyl groups is 1. The minimum absolute atomic E-state index is 0.193. The molecule has 2 unspecified atom stereocenters. The van der Waals surface area contributed by atoms with E-state index < -0.39 is 31.2 Å². The van der Waals surface area contributed by atoms with Gasteiger partial charge in [-0.05, 0) is 18.6 Å². The second kappa shape index (κ2) is 4.60. The Morgan fingerprint density at radius 3 is 2.56 bits per heavy atom. The average Bonchev–Trinajstić information content (AvgIpc) is 2.78. The van der Waals surface area contributed by atoms with Crippen LogP contribution in [0, 0.1) is 0 Å². The van der Waals surface area contributed by atoms with Crippen molar-refractivity contribution in [3.63, 3.8) is 0 Å². The molecule has 1 aromatic heterocycles. The molecule has 2 heterocycles. The van der Waals surface area contributed by atoms with Gasteiger partial charge in [0, 0.05) is 11.5 Å². The molecule has 0 bridgehead atoms. The van der Waals surface area contributed by atoms with Crippen molar-refractivity contribution in [3.8, 4) is 0 Å². The van der Waals surface area contributed by atoms with Crippen molar-refractivity contribution in [1.82, 2.24) is 0 Å². The van der Waals surface area contributed by atoms with Gasteiger partial charge < -0.3 is 9.52 Å². The summed E-state index contributed by atoms with van der Waals surface area (Å²) in [6, 6.07) is 3.12. The highest BCUT2D eigenvalue weighted by Gasteiger charge is 2.51. The van der Waals surface area contributed by atoms with Crippen LogP contribution >= 0.6 is 11.6 Å². The number of hydrogen-bond acceptors (Lipinski definition) is 4. The highest BCUT2D eigenvalue weighted by atomic mass is 35.5. The molecule has 1 fully saturated rings. The first-order valence-corrected chi connectivity index (χ1v) is 7.75. The van der Waals surface area contributed by atoms with Gasteiger partial charge in [-0.25, -0.2) is 0 Å². The molecule has 0 spiro atoms. The SMILES string of the molecule is O=S1CCCS(=O)C1(Cl)[C@H](O)c1ccco1. The van der Waals surface area contributed by atoms with E-state index in [9.17, 15) is 13.5 Å². The maximum atomic E-state index is 11.8. The summed E-state index contributed by atoms with van der Waals surface area (Å²) in [6.07, 6.45) is 0.664. The van der Waals surface area contributed by atoms with E-state index in [1.54, 1.807) is 6.07 Å². The highest BCUT2D eigenvalue weighted by Crippen LogP contribution is 2.41. The fraction of sp³-hybridized carbons (Fsp3) is 0.556. The van der Waals surface area contributed by atoms with Gasteiger partial charge in [-0.2, -0.15) is 0 Å². The van der Waals surface area contributed by atoms with Gasteiger partial charge in [0.1, 0.15) is 5.76 Å². The topological polar surface area (TPSA) is 67.5 Å². The van der Waals surface area contributed by atoms with E-state index >= 15 is 0 Å². The molecule has 1 aliphatic rings. The average molecular weight is 283 g/mol. The summed E-state index contributed by atoms with van der Waals surface area (Å²) in [5.74, 6) is 0.901. The van der Waals surface area contributed by atoms with Crippen LogP contribution in [0.3, 0.4) is 0 Å². The lowest BCUT2D eigenvalue weighted by Gasteiger charge is -2.32. The first kappa shape index (κ1) is 12.3. The highest BCUT2D eigenvalue weighted by molar-refractivity contribution is 8.07. The molecule has 3 atom stereocenters. The van der Waals surface area contributed by atoms with Gasteiger partial charge in [0.2, 0.25) is 3.54 Å². The Hall–Kier alpha value is -0.170. The van der Waals surface area contributed by atoms with Crippen LogP contribution in [0.5, 0.6) is 0 Å². The molecule has 0 aromatic carbocycles. The van der Waals surface area contributed by atoms with Crippen molar-refractivity contribution in [1.29, 1.82) is 0 Å². The quantitative estimate of drug-likeness (QED) is 0.825. The van der Waals surface area contributed by atoms with Crippen molar-refractivity contribution >= 4 is 33.2 Å². The third-order valence-electron chi connectivity index (χ3n) is 2.42. The second-order valence-corrected chi connectivity index (χ2v) is 8.24. The Morgan fingerprint density at radius 1 is 1.44 bits per heavy atom. The number of furan rings is 1. The molecule has 0 saturated carbocycles. The zero-order valence-electron chi connectivity index (χ0n) is 8.30. The van der Waals surface area contributed by atoms with Crippen molar-refractivity contribution in [2.75, 3.05) is 11.5 Å². The van der Waals surface area contributed by atoms with E-state index in [1.807, 2.05) is 0 Å². The van der Waals surface area contributed by atoms with E-state index in [0.717, 1.165) is 0 Å². The Bertz CT molecular complexity index is 401. The summed E-state index contributed by atoms with van der Waals surface area (Å²) in [6.45, 7) is 0. The predicted octanol–water partition coefficient (Wildman–Crippen LogP) is 1.11. The first-order valence-electron chi connectivity index (χ1n) is 4.74.